The van der Waals surface area contributed by atoms with Gasteiger partial charge >= 0.3 is 0 Å². The maximum atomic E-state index is 13.4. The molecule has 2 fully saturated rings. The van der Waals surface area contributed by atoms with E-state index in [0.29, 0.717) is 38.3 Å². The highest BCUT2D eigenvalue weighted by molar-refractivity contribution is 7.90. The van der Waals surface area contributed by atoms with Crippen LogP contribution in [0.2, 0.25) is 0 Å². The summed E-state index contributed by atoms with van der Waals surface area (Å²) in [5.41, 5.74) is 3.00. The van der Waals surface area contributed by atoms with Gasteiger partial charge in [0, 0.05) is 45.2 Å². The van der Waals surface area contributed by atoms with E-state index in [2.05, 4.69) is 21.3 Å². The highest BCUT2D eigenvalue weighted by atomic mass is 32.2. The molecule has 2 aliphatic rings. The molecule has 3 heterocycles. The Morgan fingerprint density at radius 2 is 1.85 bits per heavy atom. The number of hydrogen-bond donors (Lipinski definition) is 1. The van der Waals surface area contributed by atoms with Crippen LogP contribution < -0.4 is 10.2 Å². The summed E-state index contributed by atoms with van der Waals surface area (Å²) >= 11 is 0. The molecule has 0 aliphatic carbocycles. The van der Waals surface area contributed by atoms with E-state index in [-0.39, 0.29) is 28.2 Å². The minimum Gasteiger partial charge on any atom is -0.355 e. The SMILES string of the molecule is CCC1CNC(=O)[C@H]1c1ccc(C(=O)N2CCN(c3ncc(C)cc3C)CC2)c(S(C)(=O)=O)c1. The fourth-order valence-corrected chi connectivity index (χ4v) is 5.93. The minimum absolute atomic E-state index is 0.0111. The number of carbonyl (C=O) groups is 2. The van der Waals surface area contributed by atoms with Gasteiger partial charge in [-0.05, 0) is 48.6 Å². The monoisotopic (exact) mass is 484 g/mol. The fraction of sp³-hybridized carbons (Fsp3) is 0.480. The second kappa shape index (κ2) is 9.37. The predicted octanol–water partition coefficient (Wildman–Crippen LogP) is 2.30. The number of carbonyl (C=O) groups excluding carboxylic acids is 2. The number of piperazine rings is 1. The molecule has 8 nitrogen and oxygen atoms in total. The van der Waals surface area contributed by atoms with E-state index < -0.39 is 15.8 Å². The van der Waals surface area contributed by atoms with Gasteiger partial charge in [-0.1, -0.05) is 25.5 Å². The number of aryl methyl sites for hydroxylation is 2. The van der Waals surface area contributed by atoms with E-state index >= 15 is 0 Å². The van der Waals surface area contributed by atoms with E-state index in [1.165, 1.54) is 6.07 Å². The van der Waals surface area contributed by atoms with E-state index in [4.69, 9.17) is 0 Å². The Bertz CT molecular complexity index is 1220. The van der Waals surface area contributed by atoms with E-state index in [1.807, 2.05) is 27.0 Å². The first-order valence-corrected chi connectivity index (χ1v) is 13.6. The second-order valence-corrected chi connectivity index (χ2v) is 11.3. The van der Waals surface area contributed by atoms with Crippen molar-refractivity contribution in [2.45, 2.75) is 38.0 Å². The van der Waals surface area contributed by atoms with Gasteiger partial charge in [0.25, 0.3) is 5.91 Å². The first-order valence-electron chi connectivity index (χ1n) is 11.7. The third-order valence-electron chi connectivity index (χ3n) is 6.87. The molecule has 2 aliphatic heterocycles. The van der Waals surface area contributed by atoms with Crippen molar-refractivity contribution in [3.8, 4) is 0 Å². The number of benzene rings is 1. The Labute approximate surface area is 201 Å². The van der Waals surface area contributed by atoms with Gasteiger partial charge in [-0.3, -0.25) is 9.59 Å². The number of aromatic nitrogens is 1. The molecule has 0 bridgehead atoms. The number of pyridine rings is 1. The van der Waals surface area contributed by atoms with Crippen molar-refractivity contribution >= 4 is 27.5 Å². The smallest absolute Gasteiger partial charge is 0.255 e. The molecule has 34 heavy (non-hydrogen) atoms. The van der Waals surface area contributed by atoms with Gasteiger partial charge in [-0.25, -0.2) is 13.4 Å². The lowest BCUT2D eigenvalue weighted by atomic mass is 9.86. The first-order chi connectivity index (χ1) is 16.1. The van der Waals surface area contributed by atoms with Crippen LogP contribution in [0.4, 0.5) is 5.82 Å². The van der Waals surface area contributed by atoms with Gasteiger partial charge < -0.3 is 15.1 Å². The van der Waals surface area contributed by atoms with Crippen molar-refractivity contribution in [1.29, 1.82) is 0 Å². The average Bonchev–Trinajstić information content (AvgIpc) is 3.18. The van der Waals surface area contributed by atoms with Crippen molar-refractivity contribution < 1.29 is 18.0 Å². The van der Waals surface area contributed by atoms with Crippen LogP contribution in [0.5, 0.6) is 0 Å². The lowest BCUT2D eigenvalue weighted by Gasteiger charge is -2.36. The number of nitrogens with zero attached hydrogens (tertiary/aromatic N) is 3. The Hall–Kier alpha value is -2.94. The standard InChI is InChI=1S/C25H32N4O4S/c1-5-18-15-27-24(30)22(18)19-6-7-20(21(13-19)34(4,32)33)25(31)29-10-8-28(9-11-29)23-17(3)12-16(2)14-26-23/h6-7,12-14,18,22H,5,8-11,15H2,1-4H3,(H,27,30)/t18?,22-/m1/s1. The maximum absolute atomic E-state index is 13.4. The zero-order valence-corrected chi connectivity index (χ0v) is 21.0. The number of amides is 2. The first kappa shape index (κ1) is 24.2. The van der Waals surface area contributed by atoms with Crippen LogP contribution >= 0.6 is 0 Å². The molecule has 1 unspecified atom stereocenters. The van der Waals surface area contributed by atoms with Crippen molar-refractivity contribution in [3.63, 3.8) is 0 Å². The fourth-order valence-electron chi connectivity index (χ4n) is 5.02. The van der Waals surface area contributed by atoms with Gasteiger partial charge in [-0.2, -0.15) is 0 Å². The molecule has 0 saturated carbocycles. The molecule has 0 spiro atoms. The van der Waals surface area contributed by atoms with Crippen LogP contribution in [0, 0.1) is 19.8 Å². The van der Waals surface area contributed by atoms with Crippen LogP contribution in [-0.2, 0) is 14.6 Å². The Balaban J connectivity index is 1.57. The normalized spacial score (nSPS) is 21.0. The summed E-state index contributed by atoms with van der Waals surface area (Å²) in [4.78, 5) is 34.2. The number of sulfone groups is 1. The zero-order chi connectivity index (χ0) is 24.6. The molecule has 1 aromatic carbocycles. The van der Waals surface area contributed by atoms with Crippen molar-refractivity contribution in [1.82, 2.24) is 15.2 Å². The predicted molar refractivity (Wildman–Crippen MR) is 131 cm³/mol. The summed E-state index contributed by atoms with van der Waals surface area (Å²) in [5.74, 6) is 0.223. The Morgan fingerprint density at radius 3 is 2.47 bits per heavy atom. The van der Waals surface area contributed by atoms with Crippen molar-refractivity contribution in [2.75, 3.05) is 43.9 Å². The topological polar surface area (TPSA) is 99.7 Å². The third kappa shape index (κ3) is 4.66. The number of hydrogen-bond acceptors (Lipinski definition) is 6. The highest BCUT2D eigenvalue weighted by Gasteiger charge is 2.36. The van der Waals surface area contributed by atoms with Crippen LogP contribution in [0.25, 0.3) is 0 Å². The summed E-state index contributed by atoms with van der Waals surface area (Å²) in [7, 11) is -3.67. The Kier molecular flexibility index (Phi) is 6.66. The molecule has 4 rings (SSSR count). The molecule has 1 N–H and O–H groups in total. The molecule has 2 aromatic rings. The van der Waals surface area contributed by atoms with Crippen LogP contribution in [0.3, 0.4) is 0 Å². The molecule has 1 aromatic heterocycles. The lowest BCUT2D eigenvalue weighted by molar-refractivity contribution is -0.120. The highest BCUT2D eigenvalue weighted by Crippen LogP contribution is 2.34. The minimum atomic E-state index is -3.67. The van der Waals surface area contributed by atoms with Crippen molar-refractivity contribution in [2.24, 2.45) is 5.92 Å². The molecular weight excluding hydrogens is 452 g/mol. The third-order valence-corrected chi connectivity index (χ3v) is 8.00. The number of rotatable bonds is 5. The van der Waals surface area contributed by atoms with Gasteiger partial charge in [0.1, 0.15) is 5.82 Å². The summed E-state index contributed by atoms with van der Waals surface area (Å²) in [6.07, 6.45) is 3.75. The average molecular weight is 485 g/mol. The Morgan fingerprint density at radius 1 is 1.15 bits per heavy atom. The van der Waals surface area contributed by atoms with Crippen molar-refractivity contribution in [3.05, 3.63) is 52.7 Å². The van der Waals surface area contributed by atoms with Crippen LogP contribution in [0.1, 0.15) is 46.3 Å². The molecule has 2 saturated heterocycles. The van der Waals surface area contributed by atoms with Crippen LogP contribution in [-0.4, -0.2) is 69.1 Å². The van der Waals surface area contributed by atoms with Gasteiger partial charge in [0.2, 0.25) is 5.91 Å². The summed E-state index contributed by atoms with van der Waals surface area (Å²) in [5, 5.41) is 2.87. The summed E-state index contributed by atoms with van der Waals surface area (Å²) in [6.45, 7) is 8.82. The largest absolute Gasteiger partial charge is 0.355 e. The summed E-state index contributed by atoms with van der Waals surface area (Å²) in [6, 6.07) is 6.92. The van der Waals surface area contributed by atoms with E-state index in [1.54, 1.807) is 17.0 Å². The second-order valence-electron chi connectivity index (χ2n) is 9.35. The number of anilines is 1. The molecule has 2 amide bonds. The van der Waals surface area contributed by atoms with E-state index in [9.17, 15) is 18.0 Å². The van der Waals surface area contributed by atoms with Crippen LogP contribution in [0.15, 0.2) is 35.4 Å². The maximum Gasteiger partial charge on any atom is 0.255 e. The number of nitrogens with one attached hydrogen (secondary N) is 1. The zero-order valence-electron chi connectivity index (χ0n) is 20.2. The molecule has 182 valence electrons. The summed E-state index contributed by atoms with van der Waals surface area (Å²) < 4.78 is 25.3. The quantitative estimate of drug-likeness (QED) is 0.699. The molecule has 0 radical (unpaired) electrons. The lowest BCUT2D eigenvalue weighted by Crippen LogP contribution is -2.49. The molecule has 9 heteroatoms. The van der Waals surface area contributed by atoms with Gasteiger partial charge in [0.15, 0.2) is 9.84 Å². The van der Waals surface area contributed by atoms with Gasteiger partial charge in [0.05, 0.1) is 16.4 Å². The molecule has 2 atom stereocenters. The molecular formula is C25H32N4O4S. The van der Waals surface area contributed by atoms with Gasteiger partial charge in [-0.15, -0.1) is 0 Å². The van der Waals surface area contributed by atoms with E-state index in [0.717, 1.165) is 29.6 Å².